The number of rotatable bonds is 26. The van der Waals surface area contributed by atoms with E-state index < -0.39 is 37.8 Å². The lowest BCUT2D eigenvalue weighted by molar-refractivity contribution is -0.387. The first kappa shape index (κ1) is 89.7. The van der Waals surface area contributed by atoms with Gasteiger partial charge in [0.05, 0.1) is 68.2 Å². The van der Waals surface area contributed by atoms with Gasteiger partial charge >= 0.3 is 11.4 Å². The van der Waals surface area contributed by atoms with E-state index in [4.69, 9.17) is 80.6 Å². The minimum absolute atomic E-state index is 0.0471. The number of nitrogens with two attached hydrogens (primary N) is 1. The van der Waals surface area contributed by atoms with Gasteiger partial charge in [-0.3, -0.25) is 30.3 Å². The summed E-state index contributed by atoms with van der Waals surface area (Å²) < 4.78 is 60.2. The van der Waals surface area contributed by atoms with E-state index in [9.17, 15) is 39.1 Å². The zero-order valence-electron chi connectivity index (χ0n) is 64.1. The molecule has 0 saturated carbocycles. The molecule has 0 aliphatic carbocycles. The van der Waals surface area contributed by atoms with Crippen molar-refractivity contribution in [1.29, 1.82) is 0 Å². The Balaban J connectivity index is 0.000000269. The maximum Gasteiger partial charge on any atom is 0.307 e. The predicted octanol–water partition coefficient (Wildman–Crippen LogP) is 17.4. The van der Waals surface area contributed by atoms with Crippen LogP contribution in [0, 0.1) is 42.0 Å². The van der Waals surface area contributed by atoms with E-state index >= 15 is 0 Å². The van der Waals surface area contributed by atoms with Crippen molar-refractivity contribution in [2.24, 2.45) is 0 Å². The number of methoxy groups -OCH3 is 3. The standard InChI is InChI=1S/C26H34ClN7O4.C21H21ClFN5O4.C11H8ClFN4O3.C10H14ClNO.C5H14N2/c1-26(2,3)38-22-9-8-17(12-18(22)27)30-24-15-25(29-16-28-24)31-19-13-21(34(35)36)20(14-23(19)37-7)33(6)11-10-32(4)5;1-21(2,3)32-17-6-5-12(7-13(17)22)26-19-10-20(25-11-24-19)27-15-9-16(28(29)30)14(23)8-18(15)31-4;1-20-9-2-6(13)8(17(18)19)3-7(9)16-11-4-10(12)14-5-15-11;1-10(2,3)13-9-5-4-7(12)6-8(9)11;1-6-4-5-7(2)3/h8-9,12-16H,10-11H2,1-7H3,(H2,28,29,30,31);5-11H,1-4H3,(H2,24,25,26,27);2-5H,1H3,(H,14,15,16);4-6H,12H2,1-3H3;6H,4-5H2,1-3H3. The fraction of sp³-hybridized carbons (Fsp3) is 0.342. The van der Waals surface area contributed by atoms with Gasteiger partial charge in [-0.1, -0.05) is 46.4 Å². The van der Waals surface area contributed by atoms with Crippen LogP contribution in [-0.4, -0.2) is 161 Å². The molecule has 9 rings (SSSR count). The number of anilines is 12. The number of hydrogen-bond acceptors (Lipinski definition) is 28. The zero-order valence-corrected chi connectivity index (χ0v) is 67.1. The normalized spacial score (nSPS) is 11.0. The quantitative estimate of drug-likeness (QED) is 0.0115. The molecule has 110 heavy (non-hydrogen) atoms. The molecule has 0 unspecified atom stereocenters. The highest BCUT2D eigenvalue weighted by atomic mass is 35.5. The van der Waals surface area contributed by atoms with Crippen molar-refractivity contribution in [3.63, 3.8) is 0 Å². The van der Waals surface area contributed by atoms with E-state index in [2.05, 4.69) is 80.8 Å². The SMILES string of the molecule is CC(C)(C)Oc1ccc(N)cc1Cl.CNCCN(C)C.COc1cc(F)c([N+](=O)[O-])cc1Nc1cc(Cl)ncn1.COc1cc(F)c([N+](=O)[O-])cc1Nc1cc(Nc2ccc(OC(C)(C)C)c(Cl)c2)ncn1.COc1cc(N(C)CCN(C)C)c([N+](=O)[O-])cc1Nc1cc(Nc2ccc(OC(C)(C)C)c(Cl)c2)ncn1. The zero-order chi connectivity index (χ0) is 82.0. The molecule has 31 nitrogen and oxygen atoms in total. The van der Waals surface area contributed by atoms with E-state index in [0.717, 1.165) is 43.9 Å². The number of nitrogens with zero attached hydrogens (tertiary/aromatic N) is 12. The lowest BCUT2D eigenvalue weighted by atomic mass is 10.2. The van der Waals surface area contributed by atoms with Crippen molar-refractivity contribution in [2.45, 2.75) is 79.1 Å². The van der Waals surface area contributed by atoms with Gasteiger partial charge in [0.2, 0.25) is 11.6 Å². The average molecular weight is 1610 g/mol. The first-order valence-electron chi connectivity index (χ1n) is 33.3. The molecule has 3 heterocycles. The fourth-order valence-electron chi connectivity index (χ4n) is 8.99. The van der Waals surface area contributed by atoms with Crippen molar-refractivity contribution >= 4 is 132 Å². The van der Waals surface area contributed by atoms with E-state index in [1.165, 1.54) is 52.4 Å². The molecular weight excluding hydrogens is 1510 g/mol. The molecule has 0 aliphatic heterocycles. The maximum absolute atomic E-state index is 13.9. The second-order valence-corrected chi connectivity index (χ2v) is 28.6. The number of likely N-dealkylation sites (N-methyl/N-ethyl adjacent to an activating group) is 4. The Morgan fingerprint density at radius 3 is 1.11 bits per heavy atom. The number of nitrogen functional groups attached to an aromatic ring is 1. The molecule has 6 aromatic carbocycles. The summed E-state index contributed by atoms with van der Waals surface area (Å²) in [5, 5.41) is 53.4. The van der Waals surface area contributed by atoms with Gasteiger partial charge in [0.1, 0.15) is 110 Å². The van der Waals surface area contributed by atoms with Gasteiger partial charge in [-0.25, -0.2) is 29.9 Å². The van der Waals surface area contributed by atoms with Crippen LogP contribution >= 0.6 is 46.4 Å². The molecule has 9 aromatic rings. The summed E-state index contributed by atoms with van der Waals surface area (Å²) in [5.41, 5.74) is 6.39. The molecule has 8 N–H and O–H groups in total. The monoisotopic (exact) mass is 1600 g/mol. The van der Waals surface area contributed by atoms with Crippen LogP contribution in [0.4, 0.5) is 94.7 Å². The van der Waals surface area contributed by atoms with Crippen LogP contribution in [0.25, 0.3) is 0 Å². The minimum Gasteiger partial charge on any atom is -0.494 e. The van der Waals surface area contributed by atoms with Crippen molar-refractivity contribution in [2.75, 3.05) is 127 Å². The molecule has 37 heteroatoms. The minimum atomic E-state index is -1.00. The summed E-state index contributed by atoms with van der Waals surface area (Å²) in [6, 6.07) is 27.5. The van der Waals surface area contributed by atoms with Gasteiger partial charge in [0.25, 0.3) is 5.69 Å². The number of nitro benzene ring substituents is 3. The molecule has 592 valence electrons. The van der Waals surface area contributed by atoms with E-state index in [0.29, 0.717) is 102 Å². The van der Waals surface area contributed by atoms with Crippen LogP contribution < -0.4 is 71.0 Å². The highest BCUT2D eigenvalue weighted by molar-refractivity contribution is 6.33. The Bertz CT molecular complexity index is 4580. The van der Waals surface area contributed by atoms with Gasteiger partial charge in [-0.05, 0) is 152 Å². The number of halogens is 6. The topological polar surface area (TPSA) is 370 Å². The third-order valence-corrected chi connectivity index (χ3v) is 15.0. The molecule has 0 fully saturated rings. The molecule has 0 spiro atoms. The van der Waals surface area contributed by atoms with Gasteiger partial charge in [0.15, 0.2) is 0 Å². The maximum atomic E-state index is 13.9. The largest absolute Gasteiger partial charge is 0.494 e. The van der Waals surface area contributed by atoms with E-state index in [1.54, 1.807) is 66.7 Å². The Morgan fingerprint density at radius 2 is 0.782 bits per heavy atom. The number of nitrogens with one attached hydrogen (secondary N) is 6. The summed E-state index contributed by atoms with van der Waals surface area (Å²) in [5.74, 6) is 2.39. The first-order valence-corrected chi connectivity index (χ1v) is 34.8. The van der Waals surface area contributed by atoms with Crippen LogP contribution in [-0.2, 0) is 0 Å². The summed E-state index contributed by atoms with van der Waals surface area (Å²) in [7, 11) is 16.0. The van der Waals surface area contributed by atoms with Crippen LogP contribution in [0.3, 0.4) is 0 Å². The summed E-state index contributed by atoms with van der Waals surface area (Å²) in [4.78, 5) is 62.0. The molecule has 0 saturated heterocycles. The van der Waals surface area contributed by atoms with Crippen molar-refractivity contribution in [3.05, 3.63) is 190 Å². The predicted molar refractivity (Wildman–Crippen MR) is 431 cm³/mol. The average Bonchev–Trinajstić information content (AvgIpc) is 0.807. The molecule has 3 aromatic heterocycles. The number of aromatic nitrogens is 6. The Kier molecular flexibility index (Phi) is 33.9. The lowest BCUT2D eigenvalue weighted by Gasteiger charge is -2.23. The number of ether oxygens (including phenoxy) is 6. The van der Waals surface area contributed by atoms with E-state index in [1.807, 2.05) is 106 Å². The number of hydrogen-bond donors (Lipinski definition) is 7. The second kappa shape index (κ2) is 41.6. The third-order valence-electron chi connectivity index (χ3n) is 13.9. The fourth-order valence-corrected chi connectivity index (χ4v) is 9.81. The Labute approximate surface area is 656 Å². The smallest absolute Gasteiger partial charge is 0.307 e. The Hall–Kier alpha value is -10.9. The molecule has 0 bridgehead atoms. The van der Waals surface area contributed by atoms with Crippen molar-refractivity contribution < 1.29 is 52.0 Å². The van der Waals surface area contributed by atoms with Crippen molar-refractivity contribution in [3.8, 4) is 34.5 Å². The summed E-state index contributed by atoms with van der Waals surface area (Å²) >= 11 is 24.3. The molecular formula is C73H91Cl4F2N19O12. The van der Waals surface area contributed by atoms with Crippen LogP contribution in [0.5, 0.6) is 34.5 Å². The highest BCUT2D eigenvalue weighted by Crippen LogP contribution is 2.41. The molecule has 0 aliphatic rings. The number of benzene rings is 6. The first-order chi connectivity index (χ1) is 51.6. The summed E-state index contributed by atoms with van der Waals surface area (Å²) in [6.07, 6.45) is 3.90. The molecule has 0 atom stereocenters. The van der Waals surface area contributed by atoms with Gasteiger partial charge in [-0.15, -0.1) is 0 Å². The highest BCUT2D eigenvalue weighted by Gasteiger charge is 2.25. The van der Waals surface area contributed by atoms with Gasteiger partial charge < -0.3 is 80.8 Å². The molecule has 0 amide bonds. The third kappa shape index (κ3) is 30.3. The Morgan fingerprint density at radius 1 is 0.436 bits per heavy atom. The summed E-state index contributed by atoms with van der Waals surface area (Å²) in [6.45, 7) is 21.1. The van der Waals surface area contributed by atoms with Crippen LogP contribution in [0.1, 0.15) is 62.3 Å². The lowest BCUT2D eigenvalue weighted by Crippen LogP contribution is -2.28. The van der Waals surface area contributed by atoms with Crippen LogP contribution in [0.2, 0.25) is 20.2 Å². The number of nitro groups is 3. The second-order valence-electron chi connectivity index (χ2n) is 27.0. The van der Waals surface area contributed by atoms with Crippen molar-refractivity contribution in [1.82, 2.24) is 45.0 Å². The van der Waals surface area contributed by atoms with E-state index in [-0.39, 0.29) is 50.5 Å². The van der Waals surface area contributed by atoms with Gasteiger partial charge in [0, 0.05) is 105 Å². The molecule has 0 radical (unpaired) electrons. The van der Waals surface area contributed by atoms with Crippen LogP contribution in [0.15, 0.2) is 128 Å². The van der Waals surface area contributed by atoms with Gasteiger partial charge in [-0.2, -0.15) is 8.78 Å².